The monoisotopic (exact) mass is 276 g/mol. The van der Waals surface area contributed by atoms with Crippen molar-refractivity contribution in [2.45, 2.75) is 46.3 Å². The quantitative estimate of drug-likeness (QED) is 0.868. The molecule has 2 atom stereocenters. The Morgan fingerprint density at radius 3 is 2.40 bits per heavy atom. The van der Waals surface area contributed by atoms with E-state index in [2.05, 4.69) is 24.5 Å². The van der Waals surface area contributed by atoms with Crippen LogP contribution in [0.1, 0.15) is 34.1 Å². The fourth-order valence-electron chi connectivity index (χ4n) is 2.67. The number of hydrogen-bond donors (Lipinski definition) is 2. The molecule has 1 amide bonds. The first kappa shape index (κ1) is 14.9. The van der Waals surface area contributed by atoms with Crippen LogP contribution in [0.4, 0.5) is 11.4 Å². The van der Waals surface area contributed by atoms with E-state index in [0.29, 0.717) is 12.1 Å². The summed E-state index contributed by atoms with van der Waals surface area (Å²) in [5.41, 5.74) is 2.04. The predicted octanol–water partition coefficient (Wildman–Crippen LogP) is 3.26. The molecule has 1 fully saturated rings. The lowest BCUT2D eigenvalue weighted by Gasteiger charge is -2.52. The molecule has 0 spiro atoms. The highest BCUT2D eigenvalue weighted by molar-refractivity contribution is 5.88. The zero-order chi connectivity index (χ0) is 14.8. The molecule has 1 aliphatic carbocycles. The van der Waals surface area contributed by atoms with Gasteiger partial charge in [0, 0.05) is 36.4 Å². The minimum atomic E-state index is -0.0506. The van der Waals surface area contributed by atoms with Gasteiger partial charge < -0.3 is 15.4 Å². The predicted molar refractivity (Wildman–Crippen MR) is 82.0 cm³/mol. The maximum Gasteiger partial charge on any atom is 0.221 e. The maximum absolute atomic E-state index is 11.0. The summed E-state index contributed by atoms with van der Waals surface area (Å²) in [5, 5.41) is 6.31. The van der Waals surface area contributed by atoms with Gasteiger partial charge in [0.1, 0.15) is 0 Å². The lowest BCUT2D eigenvalue weighted by molar-refractivity contribution is -0.114. The lowest BCUT2D eigenvalue weighted by Crippen LogP contribution is -2.58. The number of carbonyl (C=O) groups is 1. The van der Waals surface area contributed by atoms with Gasteiger partial charge in [0.15, 0.2) is 0 Å². The smallest absolute Gasteiger partial charge is 0.221 e. The molecule has 1 saturated carbocycles. The van der Waals surface area contributed by atoms with E-state index >= 15 is 0 Å². The summed E-state index contributed by atoms with van der Waals surface area (Å²) in [6.07, 6.45) is 1.37. The molecule has 110 valence electrons. The Balaban J connectivity index is 1.93. The number of nitrogens with one attached hydrogen (secondary N) is 2. The summed E-state index contributed by atoms with van der Waals surface area (Å²) in [6, 6.07) is 8.24. The van der Waals surface area contributed by atoms with E-state index < -0.39 is 0 Å². The van der Waals surface area contributed by atoms with Gasteiger partial charge in [-0.25, -0.2) is 0 Å². The minimum absolute atomic E-state index is 0.0506. The lowest BCUT2D eigenvalue weighted by atomic mass is 9.64. The number of ether oxygens (including phenoxy) is 1. The zero-order valence-electron chi connectivity index (χ0n) is 12.7. The number of rotatable bonds is 5. The molecule has 4 nitrogen and oxygen atoms in total. The van der Waals surface area contributed by atoms with Crippen molar-refractivity contribution in [1.29, 1.82) is 0 Å². The Morgan fingerprint density at radius 1 is 1.30 bits per heavy atom. The third kappa shape index (κ3) is 3.12. The maximum atomic E-state index is 11.0. The highest BCUT2D eigenvalue weighted by atomic mass is 16.5. The van der Waals surface area contributed by atoms with Gasteiger partial charge in [-0.3, -0.25) is 4.79 Å². The topological polar surface area (TPSA) is 50.4 Å². The Morgan fingerprint density at radius 2 is 1.90 bits per heavy atom. The van der Waals surface area contributed by atoms with Crippen molar-refractivity contribution in [2.24, 2.45) is 5.41 Å². The summed E-state index contributed by atoms with van der Waals surface area (Å²) >= 11 is 0. The van der Waals surface area contributed by atoms with Crippen LogP contribution in [-0.4, -0.2) is 24.7 Å². The van der Waals surface area contributed by atoms with Crippen LogP contribution in [0.5, 0.6) is 0 Å². The zero-order valence-corrected chi connectivity index (χ0v) is 12.7. The van der Waals surface area contributed by atoms with E-state index in [-0.39, 0.29) is 11.3 Å². The number of amides is 1. The second-order valence-corrected chi connectivity index (χ2v) is 5.96. The van der Waals surface area contributed by atoms with Gasteiger partial charge in [0.25, 0.3) is 0 Å². The summed E-state index contributed by atoms with van der Waals surface area (Å²) in [6.45, 7) is 8.79. The van der Waals surface area contributed by atoms with E-state index in [0.717, 1.165) is 24.4 Å². The van der Waals surface area contributed by atoms with Crippen LogP contribution in [0.15, 0.2) is 24.3 Å². The van der Waals surface area contributed by atoms with Gasteiger partial charge in [0.05, 0.1) is 6.10 Å². The first-order valence-electron chi connectivity index (χ1n) is 7.19. The summed E-state index contributed by atoms with van der Waals surface area (Å²) < 4.78 is 5.74. The van der Waals surface area contributed by atoms with Gasteiger partial charge >= 0.3 is 0 Å². The first-order chi connectivity index (χ1) is 9.43. The van der Waals surface area contributed by atoms with Crippen LogP contribution in [0, 0.1) is 5.41 Å². The number of benzene rings is 1. The van der Waals surface area contributed by atoms with E-state index in [1.807, 2.05) is 31.2 Å². The second-order valence-electron chi connectivity index (χ2n) is 5.96. The van der Waals surface area contributed by atoms with Crippen molar-refractivity contribution >= 4 is 17.3 Å². The van der Waals surface area contributed by atoms with E-state index in [9.17, 15) is 4.79 Å². The average Bonchev–Trinajstić information content (AvgIpc) is 2.39. The van der Waals surface area contributed by atoms with Gasteiger partial charge in [0.2, 0.25) is 5.91 Å². The van der Waals surface area contributed by atoms with Crippen molar-refractivity contribution in [3.8, 4) is 0 Å². The third-order valence-corrected chi connectivity index (χ3v) is 4.09. The van der Waals surface area contributed by atoms with Gasteiger partial charge in [-0.15, -0.1) is 0 Å². The number of carbonyl (C=O) groups excluding carboxylic acids is 1. The van der Waals surface area contributed by atoms with E-state index in [1.165, 1.54) is 6.92 Å². The van der Waals surface area contributed by atoms with Crippen LogP contribution in [-0.2, 0) is 9.53 Å². The molecule has 1 aromatic carbocycles. The van der Waals surface area contributed by atoms with Crippen molar-refractivity contribution in [3.63, 3.8) is 0 Å². The molecule has 20 heavy (non-hydrogen) atoms. The largest absolute Gasteiger partial charge is 0.382 e. The highest BCUT2D eigenvalue weighted by Gasteiger charge is 2.48. The molecule has 1 aliphatic rings. The summed E-state index contributed by atoms with van der Waals surface area (Å²) in [7, 11) is 0. The van der Waals surface area contributed by atoms with Crippen LogP contribution in [0.3, 0.4) is 0 Å². The first-order valence-corrected chi connectivity index (χ1v) is 7.19. The fraction of sp³-hybridized carbons (Fsp3) is 0.562. The normalized spacial score (nSPS) is 23.8. The number of anilines is 2. The highest BCUT2D eigenvalue weighted by Crippen LogP contribution is 2.44. The Kier molecular flexibility index (Phi) is 4.33. The summed E-state index contributed by atoms with van der Waals surface area (Å²) in [4.78, 5) is 11.0. The Bertz CT molecular complexity index is 468. The fourth-order valence-corrected chi connectivity index (χ4v) is 2.67. The van der Waals surface area contributed by atoms with Crippen molar-refractivity contribution in [1.82, 2.24) is 0 Å². The molecule has 0 heterocycles. The third-order valence-electron chi connectivity index (χ3n) is 4.09. The van der Waals surface area contributed by atoms with Crippen LogP contribution in [0.2, 0.25) is 0 Å². The van der Waals surface area contributed by atoms with Gasteiger partial charge in [-0.05, 0) is 37.6 Å². The number of hydrogen-bond acceptors (Lipinski definition) is 3. The SMILES string of the molecule is CCOC1CC(Nc2ccc(NC(C)=O)cc2)C1(C)C. The molecule has 0 bridgehead atoms. The molecular formula is C16H24N2O2. The molecule has 0 saturated heterocycles. The molecule has 4 heteroatoms. The Hall–Kier alpha value is -1.55. The van der Waals surface area contributed by atoms with Crippen LogP contribution >= 0.6 is 0 Å². The molecule has 0 aromatic heterocycles. The average molecular weight is 276 g/mol. The molecule has 0 aliphatic heterocycles. The second kappa shape index (κ2) is 5.83. The van der Waals surface area contributed by atoms with Gasteiger partial charge in [-0.1, -0.05) is 13.8 Å². The molecule has 1 aromatic rings. The van der Waals surface area contributed by atoms with Crippen LogP contribution in [0.25, 0.3) is 0 Å². The van der Waals surface area contributed by atoms with Crippen LogP contribution < -0.4 is 10.6 Å². The summed E-state index contributed by atoms with van der Waals surface area (Å²) in [5.74, 6) is -0.0506. The molecule has 2 N–H and O–H groups in total. The van der Waals surface area contributed by atoms with E-state index in [1.54, 1.807) is 0 Å². The van der Waals surface area contributed by atoms with Crippen molar-refractivity contribution in [2.75, 3.05) is 17.2 Å². The Labute approximate surface area is 120 Å². The molecule has 0 radical (unpaired) electrons. The van der Waals surface area contributed by atoms with Crippen molar-refractivity contribution in [3.05, 3.63) is 24.3 Å². The molecular weight excluding hydrogens is 252 g/mol. The minimum Gasteiger partial charge on any atom is -0.382 e. The van der Waals surface area contributed by atoms with E-state index in [4.69, 9.17) is 4.74 Å². The van der Waals surface area contributed by atoms with Gasteiger partial charge in [-0.2, -0.15) is 0 Å². The van der Waals surface area contributed by atoms with Crippen molar-refractivity contribution < 1.29 is 9.53 Å². The standard InChI is InChI=1S/C16H24N2O2/c1-5-20-15-10-14(16(15,3)4)18-13-8-6-12(7-9-13)17-11(2)19/h6-9,14-15,18H,5,10H2,1-4H3,(H,17,19). The molecule has 2 rings (SSSR count). The molecule has 2 unspecified atom stereocenters.